The maximum absolute atomic E-state index is 9.52. The molecule has 0 aromatic heterocycles. The molecule has 11 nitrogen and oxygen atoms in total. The molecule has 0 aromatic rings. The third-order valence-corrected chi connectivity index (χ3v) is 0.856. The molecule has 0 radical (unpaired) electrons. The van der Waals surface area contributed by atoms with Crippen molar-refractivity contribution < 1.29 is 38.1 Å². The molecule has 1 atom stereocenters. The van der Waals surface area contributed by atoms with Gasteiger partial charge in [0, 0.05) is 0 Å². The minimum Gasteiger partial charge on any atom is -0.788 e. The van der Waals surface area contributed by atoms with E-state index in [2.05, 4.69) is 9.35 Å². The van der Waals surface area contributed by atoms with Crippen molar-refractivity contribution in [2.45, 2.75) is 0 Å². The Kier molecular flexibility index (Phi) is 13.4. The van der Waals surface area contributed by atoms with Crippen molar-refractivity contribution in [1.82, 2.24) is 18.5 Å². The topological polar surface area (TPSA) is 252 Å². The molecule has 0 rings (SSSR count). The monoisotopic (exact) mass is 245 g/mol. The summed E-state index contributed by atoms with van der Waals surface area (Å²) in [5.41, 5.74) is 0. The fourth-order valence-electron chi connectivity index (χ4n) is 0.0829. The first-order valence-electron chi connectivity index (χ1n) is 1.64. The molecule has 0 saturated heterocycles. The van der Waals surface area contributed by atoms with E-state index < -0.39 is 15.6 Å². The van der Waals surface area contributed by atoms with Crippen LogP contribution in [0.15, 0.2) is 0 Å². The van der Waals surface area contributed by atoms with Crippen LogP contribution in [0.4, 0.5) is 0 Å². The molecule has 13 heavy (non-hydrogen) atoms. The van der Waals surface area contributed by atoms with Gasteiger partial charge in [0.1, 0.15) is 7.82 Å². The summed E-state index contributed by atoms with van der Waals surface area (Å²) in [7, 11) is -10.8. The van der Waals surface area contributed by atoms with Gasteiger partial charge in [0.15, 0.2) is 0 Å². The van der Waals surface area contributed by atoms with Crippen molar-refractivity contribution in [1.29, 1.82) is 0 Å². The molecule has 0 amide bonds. The van der Waals surface area contributed by atoms with E-state index in [-0.39, 0.29) is 18.5 Å². The van der Waals surface area contributed by atoms with Crippen molar-refractivity contribution in [3.63, 3.8) is 0 Å². The van der Waals surface area contributed by atoms with Crippen molar-refractivity contribution in [2.24, 2.45) is 0 Å². The van der Waals surface area contributed by atoms with E-state index in [1.54, 1.807) is 0 Å². The first-order valence-corrected chi connectivity index (χ1v) is 4.60. The van der Waals surface area contributed by atoms with Crippen LogP contribution in [-0.2, 0) is 18.5 Å². The highest BCUT2D eigenvalue weighted by atomic mass is 31.2. The number of hydrogen-bond acceptors (Lipinski definition) is 7. The Balaban J connectivity index is -0.000000135. The van der Waals surface area contributed by atoms with Crippen LogP contribution in [0.5, 0.6) is 0 Å². The summed E-state index contributed by atoms with van der Waals surface area (Å²) in [6.07, 6.45) is 0. The van der Waals surface area contributed by atoms with Gasteiger partial charge in [-0.3, -0.25) is 4.57 Å². The maximum atomic E-state index is 9.52. The molecule has 0 aliphatic heterocycles. The lowest BCUT2D eigenvalue weighted by atomic mass is 14.0. The fraction of sp³-hybridized carbons (Fsp3) is 0. The van der Waals surface area contributed by atoms with Gasteiger partial charge in [0.2, 0.25) is 0 Å². The predicted molar refractivity (Wildman–Crippen MR) is 37.6 cm³/mol. The first kappa shape index (κ1) is 23.2. The second-order valence-corrected chi connectivity index (χ2v) is 3.19. The Morgan fingerprint density at radius 2 is 1.23 bits per heavy atom. The lowest BCUT2D eigenvalue weighted by molar-refractivity contribution is -0.383. The van der Waals surface area contributed by atoms with Crippen molar-refractivity contribution >= 4 is 15.6 Å². The number of hydrogen-bond donors (Lipinski definition) is 4. The van der Waals surface area contributed by atoms with Crippen molar-refractivity contribution in [3.8, 4) is 0 Å². The van der Waals surface area contributed by atoms with Gasteiger partial charge < -0.3 is 42.6 Å². The van der Waals surface area contributed by atoms with Gasteiger partial charge in [-0.2, -0.15) is 9.35 Å². The second-order valence-electron chi connectivity index (χ2n) is 1.06. The summed E-state index contributed by atoms with van der Waals surface area (Å²) in [5.74, 6) is 0. The maximum Gasteiger partial charge on any atom is 0.295 e. The van der Waals surface area contributed by atoms with Crippen LogP contribution in [0.25, 0.3) is 0 Å². The van der Waals surface area contributed by atoms with Crippen LogP contribution in [0.2, 0.25) is 0 Å². The van der Waals surface area contributed by atoms with Crippen LogP contribution in [0, 0.1) is 0 Å². The van der Waals surface area contributed by atoms with Crippen LogP contribution >= 0.6 is 15.6 Å². The van der Waals surface area contributed by atoms with E-state index in [1.165, 1.54) is 0 Å². The Bertz CT molecular complexity index is 168. The smallest absolute Gasteiger partial charge is 0.295 e. The van der Waals surface area contributed by atoms with Gasteiger partial charge in [-0.05, 0) is 0 Å². The molecule has 0 bridgehead atoms. The molecule has 0 aliphatic carbocycles. The highest BCUT2D eigenvalue weighted by Crippen LogP contribution is 2.38. The lowest BCUT2D eigenvalue weighted by Crippen LogP contribution is -2.17. The Hall–Kier alpha value is 0.1000. The van der Waals surface area contributed by atoms with E-state index in [1.807, 2.05) is 0 Å². The van der Waals surface area contributed by atoms with Gasteiger partial charge >= 0.3 is 0 Å². The van der Waals surface area contributed by atoms with Crippen molar-refractivity contribution in [2.75, 3.05) is 0 Å². The average Bonchev–Trinajstić information content (AvgIpc) is 1.57. The number of rotatable bonds is 3. The highest BCUT2D eigenvalue weighted by Gasteiger charge is 2.03. The highest BCUT2D eigenvalue weighted by molar-refractivity contribution is 7.46. The summed E-state index contributed by atoms with van der Waals surface area (Å²) in [5, 5.41) is 0. The molecule has 13 heteroatoms. The zero-order valence-electron chi connectivity index (χ0n) is 7.20. The molecule has 0 saturated carbocycles. The first-order chi connectivity index (χ1) is 4.21. The zero-order valence-corrected chi connectivity index (χ0v) is 8.99. The summed E-state index contributed by atoms with van der Waals surface area (Å²) in [4.78, 5) is 36.0. The van der Waals surface area contributed by atoms with Crippen LogP contribution in [-0.4, -0.2) is 4.89 Å². The van der Waals surface area contributed by atoms with E-state index in [9.17, 15) is 23.8 Å². The van der Waals surface area contributed by atoms with E-state index in [0.29, 0.717) is 0 Å². The van der Waals surface area contributed by atoms with Gasteiger partial charge in [0.25, 0.3) is 7.82 Å². The average molecular weight is 245 g/mol. The molecule has 0 heterocycles. The standard InChI is InChI=1S/3H3N.H4O8P2/c;;;1-9(2,3)7-8-10(4,5)6/h3*1H3;(H2,1,2,3)(H2,4,5,6). The number of quaternary nitrogens is 3. The van der Waals surface area contributed by atoms with E-state index in [0.717, 1.165) is 0 Å². The minimum atomic E-state index is -5.52. The molecule has 0 aliphatic rings. The molecule has 0 fully saturated rings. The normalized spacial score (nSPS) is 14.2. The van der Waals surface area contributed by atoms with Crippen LogP contribution in [0.3, 0.4) is 0 Å². The Morgan fingerprint density at radius 1 is 0.923 bits per heavy atom. The third kappa shape index (κ3) is 24.5. The summed E-state index contributed by atoms with van der Waals surface area (Å²) in [6.45, 7) is 0. The largest absolute Gasteiger partial charge is 0.788 e. The lowest BCUT2D eigenvalue weighted by Gasteiger charge is -2.28. The molecular formula is H13N3O8P2. The van der Waals surface area contributed by atoms with Gasteiger partial charge in [0.05, 0.1) is 0 Å². The Labute approximate surface area is 73.2 Å². The molecule has 13 N–H and O–H groups in total. The summed E-state index contributed by atoms with van der Waals surface area (Å²) < 4.78 is 24.4. The van der Waals surface area contributed by atoms with Crippen molar-refractivity contribution in [3.05, 3.63) is 0 Å². The zero-order chi connectivity index (χ0) is 8.41. The SMILES string of the molecule is O=P([O-])([O-])OOP(=O)([O-])O.[NH4+].[NH4+].[NH4+]. The Morgan fingerprint density at radius 3 is 1.31 bits per heavy atom. The van der Waals surface area contributed by atoms with E-state index >= 15 is 0 Å². The summed E-state index contributed by atoms with van der Waals surface area (Å²) in [6, 6.07) is 0. The fourth-order valence-corrected chi connectivity index (χ4v) is 0.747. The quantitative estimate of drug-likeness (QED) is 0.253. The minimum absolute atomic E-state index is 0. The van der Waals surface area contributed by atoms with E-state index in [4.69, 9.17) is 4.89 Å². The number of phosphoric acid groups is 2. The molecule has 86 valence electrons. The van der Waals surface area contributed by atoms with Crippen LogP contribution < -0.4 is 33.1 Å². The predicted octanol–water partition coefficient (Wildman–Crippen LogP) is -1.65. The van der Waals surface area contributed by atoms with Gasteiger partial charge in [-0.25, -0.2) is 0 Å². The van der Waals surface area contributed by atoms with Crippen LogP contribution in [0.1, 0.15) is 0 Å². The van der Waals surface area contributed by atoms with Gasteiger partial charge in [-0.15, -0.1) is 0 Å². The molecule has 1 unspecified atom stereocenters. The second kappa shape index (κ2) is 7.50. The van der Waals surface area contributed by atoms with Gasteiger partial charge in [-0.1, -0.05) is 0 Å². The third-order valence-electron chi connectivity index (χ3n) is 0.219. The summed E-state index contributed by atoms with van der Waals surface area (Å²) >= 11 is 0. The molecule has 0 spiro atoms. The molecular weight excluding hydrogens is 232 g/mol. The molecule has 0 aromatic carbocycles.